The predicted molar refractivity (Wildman–Crippen MR) is 70.0 cm³/mol. The molecular weight excluding hydrogens is 335 g/mol. The number of benzene rings is 1. The van der Waals surface area contributed by atoms with Crippen LogP contribution in [0.1, 0.15) is 5.56 Å². The van der Waals surface area contributed by atoms with Crippen molar-refractivity contribution in [3.63, 3.8) is 0 Å². The van der Waals surface area contributed by atoms with Gasteiger partial charge in [-0.2, -0.15) is 0 Å². The van der Waals surface area contributed by atoms with Gasteiger partial charge in [0.05, 0.1) is 12.9 Å². The van der Waals surface area contributed by atoms with Crippen LogP contribution in [0.15, 0.2) is 35.4 Å². The number of hydrogen-bond donors (Lipinski definition) is 2. The topological polar surface area (TPSA) is 75.2 Å². The first-order chi connectivity index (χ1) is 8.20. The van der Waals surface area contributed by atoms with E-state index >= 15 is 0 Å². The summed E-state index contributed by atoms with van der Waals surface area (Å²) < 4.78 is 5.87. The summed E-state index contributed by atoms with van der Waals surface area (Å²) in [7, 11) is 0. The number of aliphatic hydroxyl groups excluding tert-OH is 1. The maximum Gasteiger partial charge on any atom is 0.268 e. The van der Waals surface area contributed by atoms with Crippen molar-refractivity contribution in [2.75, 3.05) is 0 Å². The third-order valence-corrected chi connectivity index (χ3v) is 3.01. The number of nitrogens with zero attached hydrogens (tertiary/aromatic N) is 1. The average molecular weight is 344 g/mol. The summed E-state index contributed by atoms with van der Waals surface area (Å²) in [5.41, 5.74) is 0.497. The van der Waals surface area contributed by atoms with Crippen LogP contribution in [-0.4, -0.2) is 15.1 Å². The van der Waals surface area contributed by atoms with E-state index in [0.29, 0.717) is 9.32 Å². The zero-order chi connectivity index (χ0) is 12.3. The highest BCUT2D eigenvalue weighted by molar-refractivity contribution is 14.1. The summed E-state index contributed by atoms with van der Waals surface area (Å²) in [5.74, 6) is 0.789. The first-order valence-electron chi connectivity index (χ1n) is 4.81. The Labute approximate surface area is 111 Å². The summed E-state index contributed by atoms with van der Waals surface area (Å²) in [6, 6.07) is 6.97. The van der Waals surface area contributed by atoms with Crippen LogP contribution in [0.3, 0.4) is 0 Å². The molecule has 5 nitrogen and oxygen atoms in total. The molecule has 2 aromatic rings. The molecule has 0 unspecified atom stereocenters. The fourth-order valence-electron chi connectivity index (χ4n) is 1.26. The van der Waals surface area contributed by atoms with E-state index in [0.717, 1.165) is 5.56 Å². The summed E-state index contributed by atoms with van der Waals surface area (Å²) in [4.78, 5) is 17.7. The molecule has 0 radical (unpaired) electrons. The van der Waals surface area contributed by atoms with Gasteiger partial charge in [0.15, 0.2) is 0 Å². The molecule has 0 aliphatic carbocycles. The van der Waals surface area contributed by atoms with Gasteiger partial charge in [-0.05, 0) is 40.3 Å². The molecule has 88 valence electrons. The third-order valence-electron chi connectivity index (χ3n) is 2.06. The van der Waals surface area contributed by atoms with E-state index in [1.807, 2.05) is 22.6 Å². The van der Waals surface area contributed by atoms with Crippen LogP contribution >= 0.6 is 22.6 Å². The largest absolute Gasteiger partial charge is 0.438 e. The molecule has 1 aromatic carbocycles. The monoisotopic (exact) mass is 344 g/mol. The molecular formula is C11H9IN2O3. The lowest BCUT2D eigenvalue weighted by Crippen LogP contribution is -2.11. The second kappa shape index (κ2) is 5.28. The maximum absolute atomic E-state index is 11.3. The molecule has 0 bridgehead atoms. The maximum atomic E-state index is 11.3. The summed E-state index contributed by atoms with van der Waals surface area (Å²) >= 11 is 1.87. The molecule has 0 fully saturated rings. The Balaban J connectivity index is 2.31. The molecule has 1 heterocycles. The van der Waals surface area contributed by atoms with Crippen LogP contribution in [-0.2, 0) is 6.61 Å². The van der Waals surface area contributed by atoms with Crippen molar-refractivity contribution in [1.82, 2.24) is 9.97 Å². The number of aromatic amines is 1. The molecule has 0 saturated heterocycles. The van der Waals surface area contributed by atoms with E-state index in [2.05, 4.69) is 9.97 Å². The van der Waals surface area contributed by atoms with Gasteiger partial charge in [0, 0.05) is 0 Å². The number of hydrogen-bond acceptors (Lipinski definition) is 4. The molecule has 0 amide bonds. The first-order valence-corrected chi connectivity index (χ1v) is 5.89. The average Bonchev–Trinajstić information content (AvgIpc) is 2.35. The van der Waals surface area contributed by atoms with E-state index in [4.69, 9.17) is 9.84 Å². The van der Waals surface area contributed by atoms with Gasteiger partial charge >= 0.3 is 0 Å². The number of nitrogens with one attached hydrogen (secondary N) is 1. The Hall–Kier alpha value is -1.41. The lowest BCUT2D eigenvalue weighted by molar-refractivity contribution is 0.281. The number of aliphatic hydroxyl groups is 1. The fraction of sp³-hybridized carbons (Fsp3) is 0.0909. The number of rotatable bonds is 3. The predicted octanol–water partition coefficient (Wildman–Crippen LogP) is 1.66. The number of aromatic nitrogens is 2. The highest BCUT2D eigenvalue weighted by Crippen LogP contribution is 2.22. The van der Waals surface area contributed by atoms with Gasteiger partial charge in [-0.1, -0.05) is 12.1 Å². The van der Waals surface area contributed by atoms with E-state index in [1.165, 1.54) is 6.33 Å². The smallest absolute Gasteiger partial charge is 0.268 e. The summed E-state index contributed by atoms with van der Waals surface area (Å²) in [5, 5.41) is 9.00. The minimum atomic E-state index is -0.242. The lowest BCUT2D eigenvalue weighted by Gasteiger charge is -2.06. The van der Waals surface area contributed by atoms with Crippen LogP contribution in [0.5, 0.6) is 11.6 Å². The number of ether oxygens (including phenoxy) is 1. The molecule has 2 rings (SSSR count). The van der Waals surface area contributed by atoms with Crippen LogP contribution < -0.4 is 10.3 Å². The summed E-state index contributed by atoms with van der Waals surface area (Å²) in [6.07, 6.45) is 1.29. The minimum absolute atomic E-state index is 0.0584. The van der Waals surface area contributed by atoms with E-state index in [-0.39, 0.29) is 18.0 Å². The van der Waals surface area contributed by atoms with Gasteiger partial charge in [-0.25, -0.2) is 4.98 Å². The fourth-order valence-corrected chi connectivity index (χ4v) is 1.66. The van der Waals surface area contributed by atoms with Crippen molar-refractivity contribution in [1.29, 1.82) is 0 Å². The van der Waals surface area contributed by atoms with E-state index in [1.54, 1.807) is 24.3 Å². The Morgan fingerprint density at radius 3 is 3.06 bits per heavy atom. The summed E-state index contributed by atoms with van der Waals surface area (Å²) in [6.45, 7) is -0.0584. The standard InChI is InChI=1S/C11H9IN2O3/c12-9-10(16)13-6-14-11(9)17-8-3-1-2-7(4-8)5-15/h1-4,6,15H,5H2,(H,13,14,16). The Morgan fingerprint density at radius 2 is 2.29 bits per heavy atom. The lowest BCUT2D eigenvalue weighted by atomic mass is 10.2. The molecule has 2 N–H and O–H groups in total. The number of H-pyrrole nitrogens is 1. The van der Waals surface area contributed by atoms with Gasteiger partial charge in [0.25, 0.3) is 5.56 Å². The molecule has 0 spiro atoms. The molecule has 0 saturated carbocycles. The Kier molecular flexibility index (Phi) is 3.75. The van der Waals surface area contributed by atoms with Crippen molar-refractivity contribution in [2.24, 2.45) is 0 Å². The van der Waals surface area contributed by atoms with Gasteiger partial charge in [0.2, 0.25) is 5.88 Å². The zero-order valence-corrected chi connectivity index (χ0v) is 10.8. The first kappa shape index (κ1) is 12.1. The van der Waals surface area contributed by atoms with Gasteiger partial charge in [-0.15, -0.1) is 0 Å². The highest BCUT2D eigenvalue weighted by Gasteiger charge is 2.07. The van der Waals surface area contributed by atoms with Crippen molar-refractivity contribution in [2.45, 2.75) is 6.61 Å². The second-order valence-electron chi connectivity index (χ2n) is 3.26. The molecule has 0 aliphatic heterocycles. The van der Waals surface area contributed by atoms with Crippen molar-refractivity contribution >= 4 is 22.6 Å². The molecule has 0 atom stereocenters. The van der Waals surface area contributed by atoms with Gasteiger partial charge in [-0.3, -0.25) is 4.79 Å². The van der Waals surface area contributed by atoms with Crippen LogP contribution in [0.2, 0.25) is 0 Å². The Bertz CT molecular complexity index is 583. The van der Waals surface area contributed by atoms with Crippen molar-refractivity contribution in [3.8, 4) is 11.6 Å². The Morgan fingerprint density at radius 1 is 1.47 bits per heavy atom. The molecule has 17 heavy (non-hydrogen) atoms. The third kappa shape index (κ3) is 2.83. The van der Waals surface area contributed by atoms with E-state index < -0.39 is 0 Å². The van der Waals surface area contributed by atoms with Crippen LogP contribution in [0.25, 0.3) is 0 Å². The molecule has 1 aromatic heterocycles. The van der Waals surface area contributed by atoms with Gasteiger partial charge in [0.1, 0.15) is 9.32 Å². The minimum Gasteiger partial charge on any atom is -0.438 e. The SMILES string of the molecule is O=c1[nH]cnc(Oc2cccc(CO)c2)c1I. The van der Waals surface area contributed by atoms with Gasteiger partial charge < -0.3 is 14.8 Å². The van der Waals surface area contributed by atoms with Crippen LogP contribution in [0.4, 0.5) is 0 Å². The van der Waals surface area contributed by atoms with E-state index in [9.17, 15) is 4.79 Å². The highest BCUT2D eigenvalue weighted by atomic mass is 127. The van der Waals surface area contributed by atoms with Crippen molar-refractivity contribution < 1.29 is 9.84 Å². The van der Waals surface area contributed by atoms with Crippen molar-refractivity contribution in [3.05, 3.63) is 50.1 Å². The van der Waals surface area contributed by atoms with Crippen LogP contribution in [0, 0.1) is 3.57 Å². The normalized spacial score (nSPS) is 10.2. The molecule has 0 aliphatic rings. The quantitative estimate of drug-likeness (QED) is 0.831. The number of halogens is 1. The zero-order valence-electron chi connectivity index (χ0n) is 8.68. The molecule has 6 heteroatoms. The second-order valence-corrected chi connectivity index (χ2v) is 4.34.